The average molecular weight is 276 g/mol. The predicted molar refractivity (Wildman–Crippen MR) is 58.1 cm³/mol. The summed E-state index contributed by atoms with van der Waals surface area (Å²) in [5.41, 5.74) is 5.02. The molecule has 0 saturated heterocycles. The summed E-state index contributed by atoms with van der Waals surface area (Å²) >= 11 is 0.968. The zero-order valence-corrected chi connectivity index (χ0v) is 9.85. The van der Waals surface area contributed by atoms with E-state index in [4.69, 9.17) is 5.73 Å². The minimum Gasteiger partial charge on any atom is -0.365 e. The van der Waals surface area contributed by atoms with Crippen molar-refractivity contribution >= 4 is 17.2 Å². The van der Waals surface area contributed by atoms with Crippen molar-refractivity contribution in [3.05, 3.63) is 28.3 Å². The Morgan fingerprint density at radius 2 is 2.11 bits per heavy atom. The Morgan fingerprint density at radius 3 is 2.56 bits per heavy atom. The number of carbonyl (C=O) groups is 1. The highest BCUT2D eigenvalue weighted by molar-refractivity contribution is 7.17. The van der Waals surface area contributed by atoms with Gasteiger partial charge in [-0.1, -0.05) is 5.16 Å². The van der Waals surface area contributed by atoms with E-state index in [1.54, 1.807) is 0 Å². The molecule has 0 radical (unpaired) electrons. The molecule has 0 atom stereocenters. The summed E-state index contributed by atoms with van der Waals surface area (Å²) in [6.45, 7) is 1.26. The first-order valence-electron chi connectivity index (χ1n) is 4.74. The zero-order valence-electron chi connectivity index (χ0n) is 9.04. The molecule has 0 aliphatic rings. The van der Waals surface area contributed by atoms with E-state index in [2.05, 4.69) is 9.68 Å². The number of primary amides is 1. The summed E-state index contributed by atoms with van der Waals surface area (Å²) in [5, 5.41) is 3.39. The van der Waals surface area contributed by atoms with Crippen LogP contribution in [-0.4, -0.2) is 11.1 Å². The number of hydrogen-bond donors (Lipinski definition) is 1. The van der Waals surface area contributed by atoms with E-state index in [-0.39, 0.29) is 16.1 Å². The third-order valence-electron chi connectivity index (χ3n) is 2.26. The zero-order chi connectivity index (χ0) is 13.5. The number of halogens is 3. The molecule has 0 unspecified atom stereocenters. The third-order valence-corrected chi connectivity index (χ3v) is 3.37. The van der Waals surface area contributed by atoms with Crippen LogP contribution in [0.25, 0.3) is 10.6 Å². The summed E-state index contributed by atoms with van der Waals surface area (Å²) in [7, 11) is 0. The number of aromatic nitrogens is 1. The predicted octanol–water partition coefficient (Wildman–Crippen LogP) is 2.83. The number of hydrogen-bond acceptors (Lipinski definition) is 4. The maximum Gasteiger partial charge on any atom is 0.452 e. The number of thiophene rings is 1. The van der Waals surface area contributed by atoms with Crippen LogP contribution in [0.15, 0.2) is 16.7 Å². The van der Waals surface area contributed by atoms with Gasteiger partial charge in [-0.3, -0.25) is 4.79 Å². The maximum absolute atomic E-state index is 12.5. The van der Waals surface area contributed by atoms with Crippen molar-refractivity contribution < 1.29 is 22.5 Å². The van der Waals surface area contributed by atoms with Gasteiger partial charge in [-0.2, -0.15) is 13.2 Å². The molecular weight excluding hydrogens is 269 g/mol. The molecule has 0 aliphatic heterocycles. The van der Waals surface area contributed by atoms with E-state index < -0.39 is 17.8 Å². The standard InChI is InChI=1S/C10H7F3N2O2S/c1-4-7(15-17-8(4)10(11,12)13)5-2-3-6(18-5)9(14)16/h2-3H,1H3,(H2,14,16). The van der Waals surface area contributed by atoms with Gasteiger partial charge in [0.25, 0.3) is 5.91 Å². The lowest BCUT2D eigenvalue weighted by Crippen LogP contribution is -2.08. The first kappa shape index (κ1) is 12.6. The Bertz CT molecular complexity index is 601. The minimum absolute atomic E-state index is 0.0693. The molecule has 0 saturated carbocycles. The van der Waals surface area contributed by atoms with Crippen molar-refractivity contribution in [3.8, 4) is 10.6 Å². The Hall–Kier alpha value is -1.83. The van der Waals surface area contributed by atoms with Crippen molar-refractivity contribution in [1.29, 1.82) is 0 Å². The van der Waals surface area contributed by atoms with Gasteiger partial charge in [0, 0.05) is 5.56 Å². The van der Waals surface area contributed by atoms with Gasteiger partial charge < -0.3 is 10.3 Å². The summed E-state index contributed by atoms with van der Waals surface area (Å²) in [6, 6.07) is 2.92. The van der Waals surface area contributed by atoms with E-state index in [1.807, 2.05) is 0 Å². The molecule has 2 N–H and O–H groups in total. The number of carbonyl (C=O) groups excluding carboxylic acids is 1. The number of nitrogens with two attached hydrogens (primary N) is 1. The van der Waals surface area contributed by atoms with Crippen LogP contribution in [0, 0.1) is 6.92 Å². The lowest BCUT2D eigenvalue weighted by Gasteiger charge is -2.01. The van der Waals surface area contributed by atoms with Gasteiger partial charge in [-0.05, 0) is 19.1 Å². The third kappa shape index (κ3) is 2.10. The molecule has 96 valence electrons. The van der Waals surface area contributed by atoms with E-state index >= 15 is 0 Å². The number of nitrogens with zero attached hydrogens (tertiary/aromatic N) is 1. The van der Waals surface area contributed by atoms with E-state index in [1.165, 1.54) is 19.1 Å². The first-order valence-corrected chi connectivity index (χ1v) is 5.56. The van der Waals surface area contributed by atoms with Crippen LogP contribution < -0.4 is 5.73 Å². The number of alkyl halides is 3. The normalized spacial score (nSPS) is 11.8. The van der Waals surface area contributed by atoms with Crippen LogP contribution in [0.5, 0.6) is 0 Å². The Labute approximate surface area is 103 Å². The highest BCUT2D eigenvalue weighted by Crippen LogP contribution is 2.37. The second-order valence-electron chi connectivity index (χ2n) is 3.51. The molecule has 0 spiro atoms. The van der Waals surface area contributed by atoms with Crippen molar-refractivity contribution in [2.75, 3.05) is 0 Å². The molecule has 18 heavy (non-hydrogen) atoms. The average Bonchev–Trinajstić information content (AvgIpc) is 2.81. The first-order chi connectivity index (χ1) is 8.30. The van der Waals surface area contributed by atoms with Gasteiger partial charge in [0.05, 0.1) is 9.75 Å². The van der Waals surface area contributed by atoms with Crippen molar-refractivity contribution in [2.24, 2.45) is 5.73 Å². The highest BCUT2D eigenvalue weighted by atomic mass is 32.1. The van der Waals surface area contributed by atoms with Crippen LogP contribution in [0.3, 0.4) is 0 Å². The van der Waals surface area contributed by atoms with Gasteiger partial charge in [0.15, 0.2) is 0 Å². The molecule has 8 heteroatoms. The highest BCUT2D eigenvalue weighted by Gasteiger charge is 2.39. The van der Waals surface area contributed by atoms with Crippen molar-refractivity contribution in [1.82, 2.24) is 5.16 Å². The molecule has 1 amide bonds. The summed E-state index contributed by atoms with van der Waals surface area (Å²) in [5.74, 6) is -1.77. The summed E-state index contributed by atoms with van der Waals surface area (Å²) < 4.78 is 41.8. The largest absolute Gasteiger partial charge is 0.452 e. The van der Waals surface area contributed by atoms with Crippen LogP contribution >= 0.6 is 11.3 Å². The van der Waals surface area contributed by atoms with Gasteiger partial charge in [0.2, 0.25) is 5.76 Å². The fourth-order valence-corrected chi connectivity index (χ4v) is 2.32. The monoisotopic (exact) mass is 276 g/mol. The maximum atomic E-state index is 12.5. The van der Waals surface area contributed by atoms with Gasteiger partial charge in [-0.25, -0.2) is 0 Å². The lowest BCUT2D eigenvalue weighted by atomic mass is 10.2. The van der Waals surface area contributed by atoms with Crippen LogP contribution in [-0.2, 0) is 6.18 Å². The summed E-state index contributed by atoms with van der Waals surface area (Å²) in [4.78, 5) is 11.6. The number of amides is 1. The molecule has 0 aliphatic carbocycles. The second kappa shape index (κ2) is 4.13. The molecular formula is C10H7F3N2O2S. The quantitative estimate of drug-likeness (QED) is 0.916. The van der Waals surface area contributed by atoms with Crippen molar-refractivity contribution in [2.45, 2.75) is 13.1 Å². The fourth-order valence-electron chi connectivity index (χ4n) is 1.43. The second-order valence-corrected chi connectivity index (χ2v) is 4.59. The van der Waals surface area contributed by atoms with Crippen LogP contribution in [0.2, 0.25) is 0 Å². The van der Waals surface area contributed by atoms with Crippen LogP contribution in [0.1, 0.15) is 21.0 Å². The molecule has 2 heterocycles. The van der Waals surface area contributed by atoms with E-state index in [0.717, 1.165) is 11.3 Å². The SMILES string of the molecule is Cc1c(-c2ccc(C(N)=O)s2)noc1C(F)(F)F. The molecule has 2 rings (SSSR count). The van der Waals surface area contributed by atoms with Gasteiger partial charge in [0.1, 0.15) is 5.69 Å². The molecule has 2 aromatic heterocycles. The lowest BCUT2D eigenvalue weighted by molar-refractivity contribution is -0.156. The molecule has 4 nitrogen and oxygen atoms in total. The molecule has 0 fully saturated rings. The molecule has 0 bridgehead atoms. The molecule has 2 aromatic rings. The van der Waals surface area contributed by atoms with E-state index in [9.17, 15) is 18.0 Å². The van der Waals surface area contributed by atoms with Crippen molar-refractivity contribution in [3.63, 3.8) is 0 Å². The Balaban J connectivity index is 2.46. The fraction of sp³-hybridized carbons (Fsp3) is 0.200. The Kier molecular flexibility index (Phi) is 2.89. The minimum atomic E-state index is -4.58. The van der Waals surface area contributed by atoms with Gasteiger partial charge >= 0.3 is 6.18 Å². The number of rotatable bonds is 2. The van der Waals surface area contributed by atoms with Gasteiger partial charge in [-0.15, -0.1) is 11.3 Å². The van der Waals surface area contributed by atoms with E-state index in [0.29, 0.717) is 4.88 Å². The van der Waals surface area contributed by atoms with Crippen LogP contribution in [0.4, 0.5) is 13.2 Å². The smallest absolute Gasteiger partial charge is 0.365 e. The molecule has 0 aromatic carbocycles. The topological polar surface area (TPSA) is 69.1 Å². The summed E-state index contributed by atoms with van der Waals surface area (Å²) in [6.07, 6.45) is -4.58. The Morgan fingerprint density at radius 1 is 1.44 bits per heavy atom.